The Labute approximate surface area is 192 Å². The van der Waals surface area contributed by atoms with Crippen molar-refractivity contribution in [3.8, 4) is 0 Å². The van der Waals surface area contributed by atoms with Crippen molar-refractivity contribution in [1.82, 2.24) is 0 Å². The Hall–Kier alpha value is -3.27. The molecule has 1 saturated heterocycles. The van der Waals surface area contributed by atoms with Crippen LogP contribution in [0.15, 0.2) is 42.5 Å². The number of carbonyl (C=O) groups is 3. The van der Waals surface area contributed by atoms with Crippen molar-refractivity contribution in [2.75, 3.05) is 23.3 Å². The van der Waals surface area contributed by atoms with Gasteiger partial charge in [-0.1, -0.05) is 24.6 Å². The lowest BCUT2D eigenvalue weighted by atomic mass is 9.98. The molecule has 0 unspecified atom stereocenters. The Balaban J connectivity index is 0.000000479. The van der Waals surface area contributed by atoms with Gasteiger partial charge in [0.25, 0.3) is 5.91 Å². The number of anilines is 2. The molecule has 0 saturated carbocycles. The number of piperidine rings is 1. The number of amides is 1. The third kappa shape index (κ3) is 7.67. The van der Waals surface area contributed by atoms with Crippen LogP contribution >= 0.6 is 11.6 Å². The normalized spacial score (nSPS) is 14.2. The summed E-state index contributed by atoms with van der Waals surface area (Å²) in [6, 6.07) is 11.7. The molecule has 1 fully saturated rings. The maximum atomic E-state index is 12.4. The van der Waals surface area contributed by atoms with Gasteiger partial charge in [0.05, 0.1) is 11.3 Å². The molecule has 2 aromatic carbocycles. The highest BCUT2D eigenvalue weighted by atomic mass is 35.5. The van der Waals surface area contributed by atoms with Gasteiger partial charge in [-0.25, -0.2) is 9.59 Å². The van der Waals surface area contributed by atoms with Crippen LogP contribution in [0.25, 0.3) is 0 Å². The number of alkyl halides is 3. The van der Waals surface area contributed by atoms with E-state index in [2.05, 4.69) is 17.1 Å². The second-order valence-electron chi connectivity index (χ2n) is 7.47. The van der Waals surface area contributed by atoms with Crippen molar-refractivity contribution < 1.29 is 37.8 Å². The number of aliphatic carboxylic acids is 1. The van der Waals surface area contributed by atoms with Crippen LogP contribution in [0.3, 0.4) is 0 Å². The number of nitrogens with one attached hydrogen (secondary N) is 1. The molecule has 1 amide bonds. The first-order valence-corrected chi connectivity index (χ1v) is 10.3. The third-order valence-electron chi connectivity index (χ3n) is 4.96. The summed E-state index contributed by atoms with van der Waals surface area (Å²) in [7, 11) is 0. The van der Waals surface area contributed by atoms with Crippen molar-refractivity contribution in [3.63, 3.8) is 0 Å². The molecule has 1 aliphatic rings. The predicted molar refractivity (Wildman–Crippen MR) is 117 cm³/mol. The number of aromatic carboxylic acids is 1. The van der Waals surface area contributed by atoms with E-state index in [1.54, 1.807) is 36.4 Å². The molecule has 0 bridgehead atoms. The molecular formula is C22H22ClF3N2O5. The Morgan fingerprint density at radius 3 is 2.18 bits per heavy atom. The largest absolute Gasteiger partial charge is 0.490 e. The summed E-state index contributed by atoms with van der Waals surface area (Å²) in [5, 5.41) is 19.8. The van der Waals surface area contributed by atoms with E-state index in [4.69, 9.17) is 21.5 Å². The Bertz CT molecular complexity index is 1020. The van der Waals surface area contributed by atoms with E-state index in [1.807, 2.05) is 6.07 Å². The third-order valence-corrected chi connectivity index (χ3v) is 5.19. The van der Waals surface area contributed by atoms with Crippen LogP contribution in [-0.2, 0) is 4.79 Å². The van der Waals surface area contributed by atoms with Crippen molar-refractivity contribution >= 4 is 40.8 Å². The zero-order valence-corrected chi connectivity index (χ0v) is 18.3. The quantitative estimate of drug-likeness (QED) is 0.551. The van der Waals surface area contributed by atoms with Crippen LogP contribution < -0.4 is 10.2 Å². The maximum absolute atomic E-state index is 12.4. The van der Waals surface area contributed by atoms with E-state index in [1.165, 1.54) is 0 Å². The monoisotopic (exact) mass is 486 g/mol. The number of hydrogen-bond acceptors (Lipinski definition) is 4. The lowest BCUT2D eigenvalue weighted by molar-refractivity contribution is -0.192. The van der Waals surface area contributed by atoms with Gasteiger partial charge in [0.1, 0.15) is 0 Å². The number of halogens is 4. The molecule has 178 valence electrons. The van der Waals surface area contributed by atoms with Gasteiger partial charge in [-0.3, -0.25) is 4.79 Å². The highest BCUT2D eigenvalue weighted by molar-refractivity contribution is 6.31. The van der Waals surface area contributed by atoms with Gasteiger partial charge in [0, 0.05) is 29.4 Å². The molecule has 33 heavy (non-hydrogen) atoms. The second kappa shape index (κ2) is 11.0. The first-order chi connectivity index (χ1) is 15.4. The zero-order valence-electron chi connectivity index (χ0n) is 17.5. The van der Waals surface area contributed by atoms with Gasteiger partial charge in [-0.15, -0.1) is 0 Å². The Morgan fingerprint density at radius 2 is 1.67 bits per heavy atom. The van der Waals surface area contributed by atoms with E-state index in [9.17, 15) is 27.9 Å². The van der Waals surface area contributed by atoms with Gasteiger partial charge < -0.3 is 20.4 Å². The molecule has 11 heteroatoms. The van der Waals surface area contributed by atoms with Crippen molar-refractivity contribution in [2.24, 2.45) is 5.92 Å². The molecule has 3 N–H and O–H groups in total. The van der Waals surface area contributed by atoms with E-state index < -0.39 is 24.0 Å². The highest BCUT2D eigenvalue weighted by Gasteiger charge is 2.38. The summed E-state index contributed by atoms with van der Waals surface area (Å²) in [5.41, 5.74) is 1.60. The zero-order chi connectivity index (χ0) is 24.8. The van der Waals surface area contributed by atoms with Crippen LogP contribution in [-0.4, -0.2) is 47.3 Å². The maximum Gasteiger partial charge on any atom is 0.490 e. The van der Waals surface area contributed by atoms with E-state index in [-0.39, 0.29) is 11.3 Å². The number of carbonyl (C=O) groups excluding carboxylic acids is 1. The van der Waals surface area contributed by atoms with Gasteiger partial charge >= 0.3 is 18.1 Å². The van der Waals surface area contributed by atoms with E-state index >= 15 is 0 Å². The fourth-order valence-corrected chi connectivity index (χ4v) is 3.30. The molecule has 1 heterocycles. The van der Waals surface area contributed by atoms with Crippen LogP contribution in [0.5, 0.6) is 0 Å². The Morgan fingerprint density at radius 1 is 1.06 bits per heavy atom. The van der Waals surface area contributed by atoms with Crippen LogP contribution in [0.1, 0.15) is 40.5 Å². The van der Waals surface area contributed by atoms with Gasteiger partial charge in [-0.05, 0) is 55.2 Å². The van der Waals surface area contributed by atoms with Gasteiger partial charge in [-0.2, -0.15) is 13.2 Å². The minimum absolute atomic E-state index is 0.0801. The number of nitrogens with zero attached hydrogens (tertiary/aromatic N) is 1. The predicted octanol–water partition coefficient (Wildman–Crippen LogP) is 5.16. The molecular weight excluding hydrogens is 465 g/mol. The van der Waals surface area contributed by atoms with E-state index in [0.29, 0.717) is 16.5 Å². The lowest BCUT2D eigenvalue weighted by Gasteiger charge is -2.32. The van der Waals surface area contributed by atoms with Crippen molar-refractivity contribution in [1.29, 1.82) is 0 Å². The lowest BCUT2D eigenvalue weighted by Crippen LogP contribution is -2.32. The molecule has 0 atom stereocenters. The Kier molecular flexibility index (Phi) is 8.69. The van der Waals surface area contributed by atoms with Gasteiger partial charge in [0.15, 0.2) is 0 Å². The standard InChI is InChI=1S/C20H21ClN2O3.C2HF3O2/c1-13-7-9-23(10-8-13)16-5-6-18(17(12-16)20(25)26)22-19(24)14-3-2-4-15(21)11-14;3-2(4,5)1(6)7/h2-6,11-13H,7-10H2,1H3,(H,22,24)(H,25,26);(H,6,7). The number of benzene rings is 2. The van der Waals surface area contributed by atoms with Gasteiger partial charge in [0.2, 0.25) is 0 Å². The van der Waals surface area contributed by atoms with Crippen LogP contribution in [0, 0.1) is 5.92 Å². The summed E-state index contributed by atoms with van der Waals surface area (Å²) >= 11 is 5.91. The first-order valence-electron chi connectivity index (χ1n) is 9.87. The smallest absolute Gasteiger partial charge is 0.478 e. The molecule has 7 nitrogen and oxygen atoms in total. The molecule has 0 aliphatic carbocycles. The average Bonchev–Trinajstić information content (AvgIpc) is 2.74. The summed E-state index contributed by atoms with van der Waals surface area (Å²) in [6.45, 7) is 4.05. The fraction of sp³-hybridized carbons (Fsp3) is 0.318. The van der Waals surface area contributed by atoms with Crippen molar-refractivity contribution in [3.05, 3.63) is 58.6 Å². The second-order valence-corrected chi connectivity index (χ2v) is 7.91. The number of carboxylic acid groups (broad SMARTS) is 2. The summed E-state index contributed by atoms with van der Waals surface area (Å²) < 4.78 is 31.7. The van der Waals surface area contributed by atoms with Crippen molar-refractivity contribution in [2.45, 2.75) is 25.9 Å². The molecule has 2 aromatic rings. The molecule has 3 rings (SSSR count). The minimum Gasteiger partial charge on any atom is -0.478 e. The number of carboxylic acids is 2. The van der Waals surface area contributed by atoms with E-state index in [0.717, 1.165) is 31.6 Å². The topological polar surface area (TPSA) is 107 Å². The minimum atomic E-state index is -5.08. The summed E-state index contributed by atoms with van der Waals surface area (Å²) in [5.74, 6) is -3.53. The molecule has 0 aromatic heterocycles. The molecule has 1 aliphatic heterocycles. The SMILES string of the molecule is CC1CCN(c2ccc(NC(=O)c3cccc(Cl)c3)c(C(=O)O)c2)CC1.O=C(O)C(F)(F)F. The fourth-order valence-electron chi connectivity index (χ4n) is 3.11. The first kappa shape index (κ1) is 26.0. The van der Waals surface area contributed by atoms with Crippen LogP contribution in [0.4, 0.5) is 24.5 Å². The summed E-state index contributed by atoms with van der Waals surface area (Å²) in [6.07, 6.45) is -2.90. The highest BCUT2D eigenvalue weighted by Crippen LogP contribution is 2.28. The number of rotatable bonds is 4. The summed E-state index contributed by atoms with van der Waals surface area (Å²) in [4.78, 5) is 35.2. The average molecular weight is 487 g/mol. The van der Waals surface area contributed by atoms with Crippen LogP contribution in [0.2, 0.25) is 5.02 Å². The molecule has 0 radical (unpaired) electrons. The molecule has 0 spiro atoms. The number of hydrogen-bond donors (Lipinski definition) is 3.